The van der Waals surface area contributed by atoms with Gasteiger partial charge in [-0.15, -0.1) is 0 Å². The maximum atomic E-state index is 13.3. The van der Waals surface area contributed by atoms with Crippen molar-refractivity contribution in [3.05, 3.63) is 59.7 Å². The molecule has 0 heterocycles. The number of fused-ring (bicyclic) bond motifs is 1. The summed E-state index contributed by atoms with van der Waals surface area (Å²) < 4.78 is 22.2. The Morgan fingerprint density at radius 2 is 1.52 bits per heavy atom. The van der Waals surface area contributed by atoms with E-state index in [-0.39, 0.29) is 12.6 Å². The average molecular weight is 424 g/mol. The van der Waals surface area contributed by atoms with Gasteiger partial charge in [0.25, 0.3) is 0 Å². The van der Waals surface area contributed by atoms with Crippen molar-refractivity contribution in [1.82, 2.24) is 0 Å². The topological polar surface area (TPSA) is 57.2 Å². The molecule has 1 atom stereocenters. The smallest absolute Gasteiger partial charge is 0.318 e. The molecule has 3 aromatic carbocycles. The van der Waals surface area contributed by atoms with E-state index < -0.39 is 5.92 Å². The minimum Gasteiger partial charge on any atom is -0.496 e. The maximum Gasteiger partial charge on any atom is 0.318 e. The SMILES string of the molecule is CCOC(=O)C(c1c(OC)cc(OC)cc1OC)c1ccc(N(C)C)c2ccccc12. The standard InChI is InChI=1S/C25H29NO5/c1-7-31-25(27)23(24-21(29-5)14-16(28-4)15-22(24)30-6)19-12-13-20(26(2)3)18-11-9-8-10-17(18)19/h8-15,23H,7H2,1-6H3. The van der Waals surface area contributed by atoms with Crippen LogP contribution in [0.1, 0.15) is 24.0 Å². The number of hydrogen-bond acceptors (Lipinski definition) is 6. The van der Waals surface area contributed by atoms with E-state index >= 15 is 0 Å². The van der Waals surface area contributed by atoms with Crippen LogP contribution in [0.5, 0.6) is 17.2 Å². The van der Waals surface area contributed by atoms with E-state index in [0.29, 0.717) is 22.8 Å². The molecule has 0 N–H and O–H groups in total. The van der Waals surface area contributed by atoms with Crippen molar-refractivity contribution in [2.24, 2.45) is 0 Å². The van der Waals surface area contributed by atoms with Gasteiger partial charge in [-0.1, -0.05) is 30.3 Å². The summed E-state index contributed by atoms with van der Waals surface area (Å²) in [7, 11) is 8.70. The summed E-state index contributed by atoms with van der Waals surface area (Å²) >= 11 is 0. The molecule has 0 saturated carbocycles. The molecule has 6 nitrogen and oxygen atoms in total. The molecule has 3 rings (SSSR count). The second-order valence-corrected chi connectivity index (χ2v) is 7.24. The number of esters is 1. The first-order valence-corrected chi connectivity index (χ1v) is 10.1. The number of carbonyl (C=O) groups is 1. The van der Waals surface area contributed by atoms with Gasteiger partial charge in [-0.05, 0) is 23.9 Å². The Bertz CT molecular complexity index is 1050. The van der Waals surface area contributed by atoms with Gasteiger partial charge in [0.2, 0.25) is 0 Å². The van der Waals surface area contributed by atoms with Crippen LogP contribution in [0, 0.1) is 0 Å². The predicted octanol–water partition coefficient (Wildman–Crippen LogP) is 4.63. The summed E-state index contributed by atoms with van der Waals surface area (Å²) in [4.78, 5) is 15.4. The van der Waals surface area contributed by atoms with E-state index in [1.807, 2.05) is 44.4 Å². The lowest BCUT2D eigenvalue weighted by Crippen LogP contribution is -2.20. The van der Waals surface area contributed by atoms with Gasteiger partial charge in [0.1, 0.15) is 23.2 Å². The highest BCUT2D eigenvalue weighted by Gasteiger charge is 2.33. The number of carbonyl (C=O) groups excluding carboxylic acids is 1. The highest BCUT2D eigenvalue weighted by molar-refractivity contribution is 6.00. The van der Waals surface area contributed by atoms with Crippen LogP contribution in [0.3, 0.4) is 0 Å². The molecule has 164 valence electrons. The second kappa shape index (κ2) is 9.60. The Balaban J connectivity index is 2.36. The van der Waals surface area contributed by atoms with Crippen molar-refractivity contribution in [1.29, 1.82) is 0 Å². The van der Waals surface area contributed by atoms with Crippen LogP contribution in [-0.2, 0) is 9.53 Å². The molecule has 0 radical (unpaired) electrons. The van der Waals surface area contributed by atoms with Gasteiger partial charge in [0, 0.05) is 37.3 Å². The van der Waals surface area contributed by atoms with E-state index in [1.165, 1.54) is 0 Å². The molecule has 1 unspecified atom stereocenters. The average Bonchev–Trinajstić information content (AvgIpc) is 2.79. The van der Waals surface area contributed by atoms with E-state index in [0.717, 1.165) is 22.0 Å². The third-order valence-electron chi connectivity index (χ3n) is 5.29. The fourth-order valence-electron chi connectivity index (χ4n) is 3.89. The van der Waals surface area contributed by atoms with Crippen molar-refractivity contribution in [3.63, 3.8) is 0 Å². The van der Waals surface area contributed by atoms with Crippen LogP contribution in [0.2, 0.25) is 0 Å². The third-order valence-corrected chi connectivity index (χ3v) is 5.29. The van der Waals surface area contributed by atoms with Gasteiger partial charge in [-0.2, -0.15) is 0 Å². The monoisotopic (exact) mass is 423 g/mol. The molecule has 0 saturated heterocycles. The van der Waals surface area contributed by atoms with Gasteiger partial charge in [0.05, 0.1) is 33.5 Å². The quantitative estimate of drug-likeness (QED) is 0.493. The first-order chi connectivity index (χ1) is 15.0. The normalized spacial score (nSPS) is 11.7. The molecule has 0 spiro atoms. The third kappa shape index (κ3) is 4.24. The zero-order chi connectivity index (χ0) is 22.5. The van der Waals surface area contributed by atoms with Gasteiger partial charge < -0.3 is 23.8 Å². The first kappa shape index (κ1) is 22.3. The second-order valence-electron chi connectivity index (χ2n) is 7.24. The van der Waals surface area contributed by atoms with E-state index in [4.69, 9.17) is 18.9 Å². The van der Waals surface area contributed by atoms with Gasteiger partial charge in [-0.25, -0.2) is 0 Å². The lowest BCUT2D eigenvalue weighted by Gasteiger charge is -2.25. The summed E-state index contributed by atoms with van der Waals surface area (Å²) in [6.45, 7) is 2.06. The van der Waals surface area contributed by atoms with Crippen molar-refractivity contribution < 1.29 is 23.7 Å². The molecule has 31 heavy (non-hydrogen) atoms. The number of hydrogen-bond donors (Lipinski definition) is 0. The summed E-state index contributed by atoms with van der Waals surface area (Å²) in [6.07, 6.45) is 0. The molecular weight excluding hydrogens is 394 g/mol. The van der Waals surface area contributed by atoms with Crippen molar-refractivity contribution in [3.8, 4) is 17.2 Å². The molecule has 0 aromatic heterocycles. The largest absolute Gasteiger partial charge is 0.496 e. The minimum atomic E-state index is -0.739. The summed E-state index contributed by atoms with van der Waals surface area (Å²) in [5.41, 5.74) is 2.49. The Kier molecular flexibility index (Phi) is 6.90. The van der Waals surface area contributed by atoms with Crippen LogP contribution in [0.25, 0.3) is 10.8 Å². The minimum absolute atomic E-state index is 0.268. The summed E-state index contributed by atoms with van der Waals surface area (Å²) in [6, 6.07) is 15.5. The predicted molar refractivity (Wildman–Crippen MR) is 123 cm³/mol. The zero-order valence-electron chi connectivity index (χ0n) is 18.9. The first-order valence-electron chi connectivity index (χ1n) is 10.1. The molecule has 0 aliphatic rings. The number of rotatable bonds is 8. The Labute approximate surface area is 183 Å². The van der Waals surface area contributed by atoms with E-state index in [1.54, 1.807) is 40.4 Å². The number of methoxy groups -OCH3 is 3. The van der Waals surface area contributed by atoms with Crippen LogP contribution < -0.4 is 19.1 Å². The fraction of sp³-hybridized carbons (Fsp3) is 0.320. The number of anilines is 1. The number of benzene rings is 3. The summed E-state index contributed by atoms with van der Waals surface area (Å²) in [5, 5.41) is 2.01. The molecule has 0 aliphatic carbocycles. The van der Waals surface area contributed by atoms with Crippen LogP contribution in [0.15, 0.2) is 48.5 Å². The molecular formula is C25H29NO5. The Hall–Kier alpha value is -3.41. The number of ether oxygens (including phenoxy) is 4. The highest BCUT2D eigenvalue weighted by Crippen LogP contribution is 2.45. The molecule has 0 fully saturated rings. The van der Waals surface area contributed by atoms with Crippen molar-refractivity contribution in [2.45, 2.75) is 12.8 Å². The van der Waals surface area contributed by atoms with Crippen molar-refractivity contribution >= 4 is 22.4 Å². The Morgan fingerprint density at radius 1 is 0.903 bits per heavy atom. The molecule has 0 amide bonds. The molecule has 6 heteroatoms. The van der Waals surface area contributed by atoms with E-state index in [2.05, 4.69) is 11.0 Å². The Morgan fingerprint density at radius 3 is 2.03 bits per heavy atom. The zero-order valence-corrected chi connectivity index (χ0v) is 18.9. The highest BCUT2D eigenvalue weighted by atomic mass is 16.5. The van der Waals surface area contributed by atoms with E-state index in [9.17, 15) is 4.79 Å². The van der Waals surface area contributed by atoms with Crippen LogP contribution in [-0.4, -0.2) is 48.0 Å². The molecule has 3 aromatic rings. The maximum absolute atomic E-state index is 13.3. The summed E-state index contributed by atoms with van der Waals surface area (Å²) in [5.74, 6) is 0.460. The van der Waals surface area contributed by atoms with Gasteiger partial charge in [0.15, 0.2) is 0 Å². The fourth-order valence-corrected chi connectivity index (χ4v) is 3.89. The van der Waals surface area contributed by atoms with Crippen LogP contribution in [0.4, 0.5) is 5.69 Å². The number of nitrogens with zero attached hydrogens (tertiary/aromatic N) is 1. The lowest BCUT2D eigenvalue weighted by atomic mass is 9.86. The van der Waals surface area contributed by atoms with Gasteiger partial charge in [-0.3, -0.25) is 4.79 Å². The van der Waals surface area contributed by atoms with Crippen molar-refractivity contribution in [2.75, 3.05) is 46.9 Å². The lowest BCUT2D eigenvalue weighted by molar-refractivity contribution is -0.143. The molecule has 0 aliphatic heterocycles. The van der Waals surface area contributed by atoms with Gasteiger partial charge >= 0.3 is 5.97 Å². The van der Waals surface area contributed by atoms with Crippen LogP contribution >= 0.6 is 0 Å². The molecule has 0 bridgehead atoms.